The second-order valence-electron chi connectivity index (χ2n) is 8.90. The van der Waals surface area contributed by atoms with E-state index in [2.05, 4.69) is 5.32 Å². The van der Waals surface area contributed by atoms with Gasteiger partial charge in [0.15, 0.2) is 6.61 Å². The molecule has 7 heteroatoms. The van der Waals surface area contributed by atoms with E-state index in [4.69, 9.17) is 27.9 Å². The number of hydrogen-bond donors (Lipinski definition) is 1. The van der Waals surface area contributed by atoms with Crippen LogP contribution in [0.2, 0.25) is 10.0 Å². The van der Waals surface area contributed by atoms with Crippen molar-refractivity contribution in [1.29, 1.82) is 0 Å². The fourth-order valence-electron chi connectivity index (χ4n) is 3.82. The molecule has 0 fully saturated rings. The van der Waals surface area contributed by atoms with E-state index in [0.717, 1.165) is 23.1 Å². The summed E-state index contributed by atoms with van der Waals surface area (Å²) >= 11 is 12.2. The highest BCUT2D eigenvalue weighted by Crippen LogP contribution is 2.27. The summed E-state index contributed by atoms with van der Waals surface area (Å²) < 4.78 is 5.76. The molecule has 0 bridgehead atoms. The topological polar surface area (TPSA) is 58.6 Å². The number of benzene rings is 3. The summed E-state index contributed by atoms with van der Waals surface area (Å²) in [6, 6.07) is 21.7. The monoisotopic (exact) mass is 526 g/mol. The molecule has 0 aliphatic rings. The Hall–Kier alpha value is -3.02. The van der Waals surface area contributed by atoms with Crippen LogP contribution in [-0.2, 0) is 22.6 Å². The Kier molecular flexibility index (Phi) is 10.2. The lowest BCUT2D eigenvalue weighted by Gasteiger charge is -2.32. The average molecular weight is 527 g/mol. The molecule has 0 spiro atoms. The van der Waals surface area contributed by atoms with Crippen molar-refractivity contribution < 1.29 is 14.3 Å². The van der Waals surface area contributed by atoms with E-state index in [0.29, 0.717) is 22.2 Å². The quantitative estimate of drug-likeness (QED) is 0.322. The first-order chi connectivity index (χ1) is 17.3. The van der Waals surface area contributed by atoms with Crippen molar-refractivity contribution in [2.75, 3.05) is 6.61 Å². The number of hydrogen-bond acceptors (Lipinski definition) is 3. The molecule has 0 aliphatic heterocycles. The first kappa shape index (κ1) is 27.6. The van der Waals surface area contributed by atoms with Crippen molar-refractivity contribution in [2.24, 2.45) is 0 Å². The van der Waals surface area contributed by atoms with Gasteiger partial charge in [-0.1, -0.05) is 90.3 Å². The Morgan fingerprint density at radius 1 is 0.972 bits per heavy atom. The molecule has 36 heavy (non-hydrogen) atoms. The van der Waals surface area contributed by atoms with Gasteiger partial charge in [0.2, 0.25) is 5.91 Å². The largest absolute Gasteiger partial charge is 0.482 e. The molecule has 0 radical (unpaired) electrons. The van der Waals surface area contributed by atoms with Crippen molar-refractivity contribution in [3.63, 3.8) is 0 Å². The zero-order valence-corrected chi connectivity index (χ0v) is 22.4. The number of nitrogens with one attached hydrogen (secondary N) is 1. The molecule has 0 saturated carbocycles. The second-order valence-corrected chi connectivity index (χ2v) is 9.74. The molecule has 0 aliphatic carbocycles. The van der Waals surface area contributed by atoms with Gasteiger partial charge in [-0.25, -0.2) is 0 Å². The zero-order chi connectivity index (χ0) is 26.1. The summed E-state index contributed by atoms with van der Waals surface area (Å²) in [5, 5.41) is 3.85. The highest BCUT2D eigenvalue weighted by molar-refractivity contribution is 6.35. The van der Waals surface area contributed by atoms with Crippen molar-refractivity contribution in [1.82, 2.24) is 10.2 Å². The maximum Gasteiger partial charge on any atom is 0.261 e. The highest BCUT2D eigenvalue weighted by atomic mass is 35.5. The minimum Gasteiger partial charge on any atom is -0.482 e. The van der Waals surface area contributed by atoms with E-state index in [1.807, 2.05) is 75.4 Å². The zero-order valence-electron chi connectivity index (χ0n) is 20.8. The van der Waals surface area contributed by atoms with Gasteiger partial charge in [-0.05, 0) is 49.6 Å². The maximum absolute atomic E-state index is 13.6. The van der Waals surface area contributed by atoms with E-state index >= 15 is 0 Å². The van der Waals surface area contributed by atoms with E-state index in [1.165, 1.54) is 0 Å². The van der Waals surface area contributed by atoms with Crippen LogP contribution in [0.4, 0.5) is 0 Å². The lowest BCUT2D eigenvalue weighted by Crippen LogP contribution is -2.53. The highest BCUT2D eigenvalue weighted by Gasteiger charge is 2.31. The van der Waals surface area contributed by atoms with Crippen LogP contribution in [0.5, 0.6) is 5.75 Å². The smallest absolute Gasteiger partial charge is 0.261 e. The van der Waals surface area contributed by atoms with Crippen molar-refractivity contribution in [2.45, 2.75) is 52.2 Å². The van der Waals surface area contributed by atoms with Crippen LogP contribution in [0.25, 0.3) is 0 Å². The van der Waals surface area contributed by atoms with Crippen molar-refractivity contribution in [3.05, 3.63) is 99.5 Å². The van der Waals surface area contributed by atoms with E-state index in [1.54, 1.807) is 23.1 Å². The molecule has 0 saturated heterocycles. The summed E-state index contributed by atoms with van der Waals surface area (Å²) in [5.41, 5.74) is 2.97. The first-order valence-electron chi connectivity index (χ1n) is 12.0. The predicted octanol–water partition coefficient (Wildman–Crippen LogP) is 6.24. The van der Waals surface area contributed by atoms with Crippen LogP contribution in [0, 0.1) is 6.92 Å². The normalized spacial score (nSPS) is 12.5. The molecule has 2 unspecified atom stereocenters. The number of aryl methyl sites for hydroxylation is 1. The lowest BCUT2D eigenvalue weighted by atomic mass is 10.0. The third-order valence-corrected chi connectivity index (χ3v) is 6.48. The summed E-state index contributed by atoms with van der Waals surface area (Å²) in [5.74, 6) is -0.157. The van der Waals surface area contributed by atoms with Crippen molar-refractivity contribution >= 4 is 35.0 Å². The molecule has 190 valence electrons. The standard InChI is InChI=1S/C29H32Cl2N2O3/c1-4-21(3)32-29(35)26(16-22-10-6-5-7-11-22)33(18-23-12-8-9-20(2)15-23)28(34)19-36-27-14-13-24(30)17-25(27)31/h5-15,17,21,26H,4,16,18-19H2,1-3H3,(H,32,35). The number of halogens is 2. The molecule has 5 nitrogen and oxygen atoms in total. The van der Waals surface area contributed by atoms with Gasteiger partial charge in [-0.2, -0.15) is 0 Å². The fourth-order valence-corrected chi connectivity index (χ4v) is 4.28. The Balaban J connectivity index is 1.92. The molecule has 1 N–H and O–H groups in total. The molecule has 3 rings (SSSR count). The van der Waals surface area contributed by atoms with Crippen LogP contribution in [-0.4, -0.2) is 35.4 Å². The Labute approximate surface area is 223 Å². The summed E-state index contributed by atoms with van der Waals surface area (Å²) in [4.78, 5) is 28.7. The maximum atomic E-state index is 13.6. The molecule has 2 atom stereocenters. The number of carbonyl (C=O) groups excluding carboxylic acids is 2. The first-order valence-corrected chi connectivity index (χ1v) is 12.8. The number of nitrogens with zero attached hydrogens (tertiary/aromatic N) is 1. The number of carbonyl (C=O) groups is 2. The third-order valence-electron chi connectivity index (χ3n) is 5.95. The SMILES string of the molecule is CCC(C)NC(=O)C(Cc1ccccc1)N(Cc1cccc(C)c1)C(=O)COc1ccc(Cl)cc1Cl. The van der Waals surface area contributed by atoms with E-state index in [-0.39, 0.29) is 31.0 Å². The Morgan fingerprint density at radius 2 is 1.69 bits per heavy atom. The van der Waals surface area contributed by atoms with E-state index < -0.39 is 6.04 Å². The third kappa shape index (κ3) is 8.00. The fraction of sp³-hybridized carbons (Fsp3) is 0.310. The molecule has 3 aromatic carbocycles. The predicted molar refractivity (Wildman–Crippen MR) is 146 cm³/mol. The molecule has 3 aromatic rings. The van der Waals surface area contributed by atoms with Crippen LogP contribution in [0.1, 0.15) is 37.0 Å². The molecule has 0 heterocycles. The number of amides is 2. The van der Waals surface area contributed by atoms with Gasteiger partial charge in [0.1, 0.15) is 11.8 Å². The van der Waals surface area contributed by atoms with Crippen LogP contribution >= 0.6 is 23.2 Å². The van der Waals surface area contributed by atoms with Gasteiger partial charge >= 0.3 is 0 Å². The Morgan fingerprint density at radius 3 is 2.36 bits per heavy atom. The number of rotatable bonds is 11. The van der Waals surface area contributed by atoms with Gasteiger partial charge in [0.25, 0.3) is 5.91 Å². The minimum atomic E-state index is -0.723. The van der Waals surface area contributed by atoms with Crippen molar-refractivity contribution in [3.8, 4) is 5.75 Å². The van der Waals surface area contributed by atoms with Gasteiger partial charge in [-0.3, -0.25) is 9.59 Å². The minimum absolute atomic E-state index is 0.0178. The Bertz CT molecular complexity index is 1170. The van der Waals surface area contributed by atoms with Gasteiger partial charge in [0.05, 0.1) is 5.02 Å². The molecular formula is C29H32Cl2N2O3. The molecule has 2 amide bonds. The average Bonchev–Trinajstić information content (AvgIpc) is 2.86. The summed E-state index contributed by atoms with van der Waals surface area (Å²) in [6.45, 7) is 5.96. The van der Waals surface area contributed by atoms with Gasteiger partial charge in [-0.15, -0.1) is 0 Å². The number of ether oxygens (including phenoxy) is 1. The van der Waals surface area contributed by atoms with Gasteiger partial charge < -0.3 is 15.0 Å². The lowest BCUT2D eigenvalue weighted by molar-refractivity contribution is -0.143. The van der Waals surface area contributed by atoms with E-state index in [9.17, 15) is 9.59 Å². The van der Waals surface area contributed by atoms with Crippen LogP contribution < -0.4 is 10.1 Å². The summed E-state index contributed by atoms with van der Waals surface area (Å²) in [6.07, 6.45) is 1.16. The van der Waals surface area contributed by atoms with Crippen LogP contribution in [0.15, 0.2) is 72.8 Å². The van der Waals surface area contributed by atoms with Gasteiger partial charge in [0, 0.05) is 24.0 Å². The van der Waals surface area contributed by atoms with Crippen LogP contribution in [0.3, 0.4) is 0 Å². The summed E-state index contributed by atoms with van der Waals surface area (Å²) in [7, 11) is 0. The molecular weight excluding hydrogens is 495 g/mol. The molecule has 0 aromatic heterocycles. The second kappa shape index (κ2) is 13.3.